The van der Waals surface area contributed by atoms with Crippen LogP contribution >= 0.6 is 0 Å². The molecule has 31 heavy (non-hydrogen) atoms. The summed E-state index contributed by atoms with van der Waals surface area (Å²) in [6, 6.07) is 8.58. The van der Waals surface area contributed by atoms with Gasteiger partial charge in [-0.15, -0.1) is 0 Å². The van der Waals surface area contributed by atoms with E-state index in [1.807, 2.05) is 48.9 Å². The molecule has 7 heteroatoms. The van der Waals surface area contributed by atoms with E-state index in [-0.39, 0.29) is 12.0 Å². The van der Waals surface area contributed by atoms with Crippen molar-refractivity contribution in [1.29, 1.82) is 0 Å². The molecule has 168 valence electrons. The first-order chi connectivity index (χ1) is 14.8. The van der Waals surface area contributed by atoms with Crippen molar-refractivity contribution < 1.29 is 14.3 Å². The van der Waals surface area contributed by atoms with E-state index in [0.29, 0.717) is 19.0 Å². The maximum Gasteiger partial charge on any atom is 0.410 e. The summed E-state index contributed by atoms with van der Waals surface area (Å²) in [6.45, 7) is 10.4. The van der Waals surface area contributed by atoms with Gasteiger partial charge < -0.3 is 19.5 Å². The Kier molecular flexibility index (Phi) is 6.23. The Morgan fingerprint density at radius 3 is 2.55 bits per heavy atom. The number of rotatable bonds is 4. The molecule has 1 unspecified atom stereocenters. The largest absolute Gasteiger partial charge is 0.444 e. The Labute approximate surface area is 184 Å². The van der Waals surface area contributed by atoms with Gasteiger partial charge in [0.1, 0.15) is 5.60 Å². The minimum absolute atomic E-state index is 0.221. The molecule has 0 aliphatic carbocycles. The third kappa shape index (κ3) is 5.21. The normalized spacial score (nSPS) is 20.4. The van der Waals surface area contributed by atoms with Crippen molar-refractivity contribution in [2.45, 2.75) is 51.7 Å². The summed E-state index contributed by atoms with van der Waals surface area (Å²) in [5.41, 5.74) is 1.86. The Balaban J connectivity index is 1.22. The fourth-order valence-electron chi connectivity index (χ4n) is 4.61. The molecule has 2 aliphatic rings. The maximum absolute atomic E-state index is 12.8. The van der Waals surface area contributed by atoms with Crippen molar-refractivity contribution in [3.63, 3.8) is 0 Å². The van der Waals surface area contributed by atoms with Gasteiger partial charge in [0.2, 0.25) is 5.91 Å². The number of nitrogens with one attached hydrogen (secondary N) is 1. The van der Waals surface area contributed by atoms with Crippen LogP contribution in [0.1, 0.15) is 39.2 Å². The molecule has 1 aromatic carbocycles. The molecule has 0 spiro atoms. The van der Waals surface area contributed by atoms with Gasteiger partial charge in [0, 0.05) is 68.8 Å². The number of aromatic amines is 1. The quantitative estimate of drug-likeness (QED) is 0.815. The number of amides is 2. The van der Waals surface area contributed by atoms with Crippen molar-refractivity contribution in [3.05, 3.63) is 36.0 Å². The smallest absolute Gasteiger partial charge is 0.410 e. The van der Waals surface area contributed by atoms with Gasteiger partial charge >= 0.3 is 6.09 Å². The van der Waals surface area contributed by atoms with E-state index in [1.165, 1.54) is 10.9 Å². The van der Waals surface area contributed by atoms with Crippen LogP contribution in [0, 0.1) is 0 Å². The molecular weight excluding hydrogens is 392 g/mol. The van der Waals surface area contributed by atoms with Gasteiger partial charge in [0.25, 0.3) is 0 Å². The number of aryl methyl sites for hydroxylation is 1. The van der Waals surface area contributed by atoms with E-state index in [4.69, 9.17) is 4.74 Å². The van der Waals surface area contributed by atoms with E-state index < -0.39 is 5.60 Å². The number of H-pyrrole nitrogens is 1. The highest BCUT2D eigenvalue weighted by Crippen LogP contribution is 2.22. The summed E-state index contributed by atoms with van der Waals surface area (Å²) in [6.07, 6.45) is 4.06. The van der Waals surface area contributed by atoms with Crippen LogP contribution < -0.4 is 0 Å². The highest BCUT2D eigenvalue weighted by Gasteiger charge is 2.34. The minimum Gasteiger partial charge on any atom is -0.444 e. The van der Waals surface area contributed by atoms with Crippen LogP contribution in [0.25, 0.3) is 10.9 Å². The van der Waals surface area contributed by atoms with E-state index in [2.05, 4.69) is 22.0 Å². The average molecular weight is 427 g/mol. The standard InChI is InChI=1S/C24H34N4O3/c1-24(2,3)31-23(30)28-11-10-19(17-28)26-12-14-27(15-13-26)22(29)9-8-18-16-25-21-7-5-4-6-20(18)21/h4-7,16,19,25H,8-15,17H2,1-3H3. The lowest BCUT2D eigenvalue weighted by Crippen LogP contribution is -2.52. The number of piperazine rings is 1. The molecule has 0 bridgehead atoms. The van der Waals surface area contributed by atoms with Crippen LogP contribution in [0.3, 0.4) is 0 Å². The zero-order chi connectivity index (χ0) is 22.0. The number of nitrogens with zero attached hydrogens (tertiary/aromatic N) is 3. The Morgan fingerprint density at radius 2 is 1.81 bits per heavy atom. The molecule has 2 aliphatic heterocycles. The van der Waals surface area contributed by atoms with Crippen LogP contribution in [0.5, 0.6) is 0 Å². The highest BCUT2D eigenvalue weighted by molar-refractivity contribution is 5.84. The molecule has 0 saturated carbocycles. The number of aromatic nitrogens is 1. The van der Waals surface area contributed by atoms with Gasteiger partial charge in [-0.3, -0.25) is 9.69 Å². The van der Waals surface area contributed by atoms with Crippen molar-refractivity contribution in [2.24, 2.45) is 0 Å². The Bertz CT molecular complexity index is 924. The number of hydrogen-bond acceptors (Lipinski definition) is 4. The Morgan fingerprint density at radius 1 is 1.06 bits per heavy atom. The maximum atomic E-state index is 12.8. The number of hydrogen-bond donors (Lipinski definition) is 1. The fourth-order valence-corrected chi connectivity index (χ4v) is 4.61. The molecule has 0 radical (unpaired) electrons. The van der Waals surface area contributed by atoms with Crippen LogP contribution in [0.15, 0.2) is 30.5 Å². The van der Waals surface area contributed by atoms with Crippen LogP contribution in [0.4, 0.5) is 4.79 Å². The van der Waals surface area contributed by atoms with Gasteiger partial charge in [-0.2, -0.15) is 0 Å². The third-order valence-corrected chi connectivity index (χ3v) is 6.28. The molecule has 1 N–H and O–H groups in total. The number of para-hydroxylation sites is 1. The zero-order valence-electron chi connectivity index (χ0n) is 18.9. The molecule has 3 heterocycles. The van der Waals surface area contributed by atoms with Crippen LogP contribution in [0.2, 0.25) is 0 Å². The lowest BCUT2D eigenvalue weighted by molar-refractivity contribution is -0.133. The van der Waals surface area contributed by atoms with Gasteiger partial charge in [-0.1, -0.05) is 18.2 Å². The van der Waals surface area contributed by atoms with Crippen molar-refractivity contribution in [1.82, 2.24) is 19.7 Å². The predicted molar refractivity (Wildman–Crippen MR) is 121 cm³/mol. The second kappa shape index (κ2) is 8.91. The first-order valence-corrected chi connectivity index (χ1v) is 11.3. The van der Waals surface area contributed by atoms with Gasteiger partial charge in [-0.05, 0) is 45.2 Å². The van der Waals surface area contributed by atoms with E-state index in [1.54, 1.807) is 0 Å². The lowest BCUT2D eigenvalue weighted by Gasteiger charge is -2.38. The molecule has 4 rings (SSSR count). The molecule has 2 aromatic rings. The second-order valence-corrected chi connectivity index (χ2v) is 9.65. The zero-order valence-corrected chi connectivity index (χ0v) is 18.9. The molecule has 2 amide bonds. The number of ether oxygens (including phenoxy) is 1. The number of likely N-dealkylation sites (tertiary alicyclic amines) is 1. The van der Waals surface area contributed by atoms with Gasteiger partial charge in [0.15, 0.2) is 0 Å². The lowest BCUT2D eigenvalue weighted by atomic mass is 10.1. The highest BCUT2D eigenvalue weighted by atomic mass is 16.6. The molecular formula is C24H34N4O3. The van der Waals surface area contributed by atoms with Crippen molar-refractivity contribution in [2.75, 3.05) is 39.3 Å². The minimum atomic E-state index is -0.464. The van der Waals surface area contributed by atoms with E-state index in [0.717, 1.165) is 51.1 Å². The SMILES string of the molecule is CC(C)(C)OC(=O)N1CCC(N2CCN(C(=O)CCc3c[nH]c4ccccc34)CC2)C1. The van der Waals surface area contributed by atoms with Crippen LogP contribution in [-0.2, 0) is 16.0 Å². The number of fused-ring (bicyclic) bond motifs is 1. The average Bonchev–Trinajstić information content (AvgIpc) is 3.39. The van der Waals surface area contributed by atoms with Crippen LogP contribution in [-0.4, -0.2) is 82.6 Å². The number of carbonyl (C=O) groups is 2. The van der Waals surface area contributed by atoms with E-state index >= 15 is 0 Å². The molecule has 7 nitrogen and oxygen atoms in total. The third-order valence-electron chi connectivity index (χ3n) is 6.28. The molecule has 2 saturated heterocycles. The summed E-state index contributed by atoms with van der Waals surface area (Å²) >= 11 is 0. The van der Waals surface area contributed by atoms with Gasteiger partial charge in [-0.25, -0.2) is 4.79 Å². The van der Waals surface area contributed by atoms with Gasteiger partial charge in [0.05, 0.1) is 0 Å². The summed E-state index contributed by atoms with van der Waals surface area (Å²) < 4.78 is 5.50. The summed E-state index contributed by atoms with van der Waals surface area (Å²) in [7, 11) is 0. The summed E-state index contributed by atoms with van der Waals surface area (Å²) in [5.74, 6) is 0.228. The van der Waals surface area contributed by atoms with E-state index in [9.17, 15) is 9.59 Å². The second-order valence-electron chi connectivity index (χ2n) is 9.65. The summed E-state index contributed by atoms with van der Waals surface area (Å²) in [4.78, 5) is 34.6. The first-order valence-electron chi connectivity index (χ1n) is 11.3. The Hall–Kier alpha value is -2.54. The van der Waals surface area contributed by atoms with Crippen molar-refractivity contribution >= 4 is 22.9 Å². The number of benzene rings is 1. The fraction of sp³-hybridized carbons (Fsp3) is 0.583. The van der Waals surface area contributed by atoms with Crippen molar-refractivity contribution in [3.8, 4) is 0 Å². The first kappa shape index (κ1) is 21.7. The topological polar surface area (TPSA) is 68.9 Å². The summed E-state index contributed by atoms with van der Waals surface area (Å²) in [5, 5.41) is 1.20. The predicted octanol–water partition coefficient (Wildman–Crippen LogP) is 3.25. The monoisotopic (exact) mass is 426 g/mol. The molecule has 1 aromatic heterocycles. The molecule has 2 fully saturated rings. The number of carbonyl (C=O) groups excluding carboxylic acids is 2. The molecule has 1 atom stereocenters.